The summed E-state index contributed by atoms with van der Waals surface area (Å²) in [6.45, 7) is 2.81. The third-order valence-corrected chi connectivity index (χ3v) is 3.99. The number of nitrogens with zero attached hydrogens (tertiary/aromatic N) is 1. The molecule has 3 rings (SSSR count). The minimum absolute atomic E-state index is 0.173. The smallest absolute Gasteiger partial charge is 0.325 e. The normalized spacial score (nSPS) is 20.0. The first-order valence-electron chi connectivity index (χ1n) is 8.05. The minimum atomic E-state index is -1.17. The standard InChI is InChI=1S/C18H20N2O5/c1-18(15-8-5-10-25-15)16(21)20(17(22)19-18)9-11-23-12-13-24-14-6-3-2-4-7-14/h2-8,10H,9,11-13H2,1H3,(H,19,22)/t18-/m1/s1. The second kappa shape index (κ2) is 7.40. The summed E-state index contributed by atoms with van der Waals surface area (Å²) in [5.41, 5.74) is -1.17. The van der Waals surface area contributed by atoms with Crippen LogP contribution in [0, 0.1) is 0 Å². The first kappa shape index (κ1) is 17.0. The zero-order valence-electron chi connectivity index (χ0n) is 13.9. The van der Waals surface area contributed by atoms with Gasteiger partial charge in [-0.05, 0) is 31.2 Å². The summed E-state index contributed by atoms with van der Waals surface area (Å²) in [5, 5.41) is 2.67. The lowest BCUT2D eigenvalue weighted by Crippen LogP contribution is -2.40. The maximum Gasteiger partial charge on any atom is 0.325 e. The van der Waals surface area contributed by atoms with Gasteiger partial charge in [0.05, 0.1) is 26.0 Å². The van der Waals surface area contributed by atoms with E-state index in [0.29, 0.717) is 19.0 Å². The molecule has 1 atom stereocenters. The van der Waals surface area contributed by atoms with Gasteiger partial charge in [0.1, 0.15) is 18.1 Å². The van der Waals surface area contributed by atoms with Crippen molar-refractivity contribution in [1.29, 1.82) is 0 Å². The summed E-state index contributed by atoms with van der Waals surface area (Å²) < 4.78 is 16.2. The summed E-state index contributed by atoms with van der Waals surface area (Å²) in [6, 6.07) is 12.3. The van der Waals surface area contributed by atoms with Gasteiger partial charge in [-0.1, -0.05) is 18.2 Å². The van der Waals surface area contributed by atoms with E-state index in [9.17, 15) is 9.59 Å². The van der Waals surface area contributed by atoms with Gasteiger partial charge in [-0.15, -0.1) is 0 Å². The molecule has 0 aliphatic carbocycles. The van der Waals surface area contributed by atoms with E-state index in [0.717, 1.165) is 10.6 Å². The Labute approximate surface area is 145 Å². The molecule has 1 aromatic carbocycles. The number of hydrogen-bond donors (Lipinski definition) is 1. The van der Waals surface area contributed by atoms with Crippen LogP contribution in [0.1, 0.15) is 12.7 Å². The Morgan fingerprint density at radius 1 is 1.08 bits per heavy atom. The molecular formula is C18H20N2O5. The molecule has 2 aromatic rings. The van der Waals surface area contributed by atoms with Gasteiger partial charge in [-0.25, -0.2) is 4.79 Å². The van der Waals surface area contributed by atoms with E-state index in [1.807, 2.05) is 30.3 Å². The molecule has 0 spiro atoms. The number of hydrogen-bond acceptors (Lipinski definition) is 5. The van der Waals surface area contributed by atoms with Gasteiger partial charge in [0, 0.05) is 0 Å². The van der Waals surface area contributed by atoms with E-state index in [4.69, 9.17) is 13.9 Å². The van der Waals surface area contributed by atoms with Gasteiger partial charge in [-0.2, -0.15) is 0 Å². The van der Waals surface area contributed by atoms with E-state index in [1.165, 1.54) is 6.26 Å². The average molecular weight is 344 g/mol. The summed E-state index contributed by atoms with van der Waals surface area (Å²) in [5.74, 6) is 0.830. The molecule has 1 fully saturated rings. The van der Waals surface area contributed by atoms with Gasteiger partial charge in [0.25, 0.3) is 5.91 Å². The van der Waals surface area contributed by atoms with E-state index in [1.54, 1.807) is 19.1 Å². The van der Waals surface area contributed by atoms with E-state index < -0.39 is 11.6 Å². The van der Waals surface area contributed by atoms with E-state index >= 15 is 0 Å². The molecule has 25 heavy (non-hydrogen) atoms. The van der Waals surface area contributed by atoms with Crippen LogP contribution < -0.4 is 10.1 Å². The number of para-hydroxylation sites is 1. The van der Waals surface area contributed by atoms with Gasteiger partial charge in [0.2, 0.25) is 0 Å². The number of carbonyl (C=O) groups is 2. The predicted octanol–water partition coefficient (Wildman–Crippen LogP) is 2.14. The zero-order valence-corrected chi connectivity index (χ0v) is 13.9. The number of carbonyl (C=O) groups excluding carboxylic acids is 2. The van der Waals surface area contributed by atoms with Crippen LogP contribution in [0.2, 0.25) is 0 Å². The largest absolute Gasteiger partial charge is 0.491 e. The molecule has 2 heterocycles. The fraction of sp³-hybridized carbons (Fsp3) is 0.333. The Morgan fingerprint density at radius 3 is 2.60 bits per heavy atom. The molecule has 7 heteroatoms. The molecule has 1 saturated heterocycles. The van der Waals surface area contributed by atoms with Gasteiger partial charge in [0.15, 0.2) is 5.54 Å². The van der Waals surface area contributed by atoms with Crippen LogP contribution in [-0.2, 0) is 15.1 Å². The second-order valence-corrected chi connectivity index (χ2v) is 5.76. The fourth-order valence-corrected chi connectivity index (χ4v) is 2.62. The topological polar surface area (TPSA) is 81.0 Å². The minimum Gasteiger partial charge on any atom is -0.491 e. The molecule has 1 N–H and O–H groups in total. The molecule has 0 radical (unpaired) electrons. The molecule has 1 aliphatic heterocycles. The van der Waals surface area contributed by atoms with Crippen molar-refractivity contribution in [3.05, 3.63) is 54.5 Å². The van der Waals surface area contributed by atoms with Crippen molar-refractivity contribution in [2.75, 3.05) is 26.4 Å². The van der Waals surface area contributed by atoms with Crippen molar-refractivity contribution in [3.8, 4) is 5.75 Å². The van der Waals surface area contributed by atoms with Crippen molar-refractivity contribution < 1.29 is 23.5 Å². The Hall–Kier alpha value is -2.80. The predicted molar refractivity (Wildman–Crippen MR) is 89.1 cm³/mol. The first-order chi connectivity index (χ1) is 12.1. The SMILES string of the molecule is C[C@]1(c2ccco2)NC(=O)N(CCOCCOc2ccccc2)C1=O. The lowest BCUT2D eigenvalue weighted by molar-refractivity contribution is -0.132. The number of benzene rings is 1. The summed E-state index contributed by atoms with van der Waals surface area (Å²) in [6.07, 6.45) is 1.47. The third-order valence-electron chi connectivity index (χ3n) is 3.99. The van der Waals surface area contributed by atoms with Gasteiger partial charge >= 0.3 is 6.03 Å². The highest BCUT2D eigenvalue weighted by Gasteiger charge is 2.50. The van der Waals surface area contributed by atoms with Crippen LogP contribution in [0.15, 0.2) is 53.1 Å². The monoisotopic (exact) mass is 344 g/mol. The van der Waals surface area contributed by atoms with Crippen LogP contribution in [0.5, 0.6) is 5.75 Å². The third kappa shape index (κ3) is 3.66. The van der Waals surface area contributed by atoms with Crippen molar-refractivity contribution in [3.63, 3.8) is 0 Å². The highest BCUT2D eigenvalue weighted by Crippen LogP contribution is 2.28. The summed E-state index contributed by atoms with van der Waals surface area (Å²) in [4.78, 5) is 25.8. The number of rotatable bonds is 8. The van der Waals surface area contributed by atoms with Gasteiger partial charge < -0.3 is 19.2 Å². The Bertz CT molecular complexity index is 716. The molecule has 0 unspecified atom stereocenters. The molecule has 7 nitrogen and oxygen atoms in total. The lowest BCUT2D eigenvalue weighted by Gasteiger charge is -2.19. The van der Waals surface area contributed by atoms with Gasteiger partial charge in [-0.3, -0.25) is 9.69 Å². The van der Waals surface area contributed by atoms with Crippen LogP contribution in [0.3, 0.4) is 0 Å². The molecule has 132 valence electrons. The second-order valence-electron chi connectivity index (χ2n) is 5.76. The number of nitrogens with one attached hydrogen (secondary N) is 1. The van der Waals surface area contributed by atoms with Crippen molar-refractivity contribution in [2.45, 2.75) is 12.5 Å². The number of imide groups is 1. The maximum absolute atomic E-state index is 12.5. The zero-order chi connectivity index (χ0) is 17.7. The quantitative estimate of drug-likeness (QED) is 0.586. The summed E-state index contributed by atoms with van der Waals surface area (Å²) in [7, 11) is 0. The fourth-order valence-electron chi connectivity index (χ4n) is 2.62. The van der Waals surface area contributed by atoms with Crippen LogP contribution in [0.25, 0.3) is 0 Å². The number of ether oxygens (including phenoxy) is 2. The number of urea groups is 1. The van der Waals surface area contributed by atoms with E-state index in [2.05, 4.69) is 5.32 Å². The van der Waals surface area contributed by atoms with Crippen molar-refractivity contribution in [2.24, 2.45) is 0 Å². The van der Waals surface area contributed by atoms with Crippen molar-refractivity contribution in [1.82, 2.24) is 10.2 Å². The Morgan fingerprint density at radius 2 is 1.88 bits per heavy atom. The van der Waals surface area contributed by atoms with Crippen LogP contribution >= 0.6 is 0 Å². The average Bonchev–Trinajstić information content (AvgIpc) is 3.22. The van der Waals surface area contributed by atoms with Crippen LogP contribution in [0.4, 0.5) is 4.79 Å². The summed E-state index contributed by atoms with van der Waals surface area (Å²) >= 11 is 0. The number of furan rings is 1. The molecular weight excluding hydrogens is 324 g/mol. The number of amides is 3. The maximum atomic E-state index is 12.5. The highest BCUT2D eigenvalue weighted by molar-refractivity contribution is 6.06. The highest BCUT2D eigenvalue weighted by atomic mass is 16.5. The molecule has 0 bridgehead atoms. The lowest BCUT2D eigenvalue weighted by atomic mass is 9.99. The molecule has 3 amide bonds. The molecule has 0 saturated carbocycles. The van der Waals surface area contributed by atoms with E-state index in [-0.39, 0.29) is 19.1 Å². The van der Waals surface area contributed by atoms with Crippen LogP contribution in [-0.4, -0.2) is 43.2 Å². The first-order valence-corrected chi connectivity index (χ1v) is 8.05. The molecule has 1 aromatic heterocycles. The Kier molecular flexibility index (Phi) is 5.04. The molecule has 1 aliphatic rings. The Balaban J connectivity index is 1.43. The van der Waals surface area contributed by atoms with Crippen molar-refractivity contribution >= 4 is 11.9 Å².